The minimum atomic E-state index is -5.17. The summed E-state index contributed by atoms with van der Waals surface area (Å²) in [5, 5.41) is 14.0. The molecule has 1 unspecified atom stereocenters. The lowest BCUT2D eigenvalue weighted by atomic mass is 9.85. The Morgan fingerprint density at radius 2 is 1.97 bits per heavy atom. The highest BCUT2D eigenvalue weighted by Gasteiger charge is 2.62. The van der Waals surface area contributed by atoms with Crippen molar-refractivity contribution in [3.63, 3.8) is 0 Å². The summed E-state index contributed by atoms with van der Waals surface area (Å²) in [6, 6.07) is 7.10. The van der Waals surface area contributed by atoms with Gasteiger partial charge in [0.2, 0.25) is 0 Å². The van der Waals surface area contributed by atoms with Gasteiger partial charge in [-0.15, -0.1) is 0 Å². The van der Waals surface area contributed by atoms with E-state index in [0.29, 0.717) is 16.1 Å². The molecule has 16 heteroatoms. The van der Waals surface area contributed by atoms with E-state index in [4.69, 9.17) is 33.3 Å². The van der Waals surface area contributed by atoms with Gasteiger partial charge in [0.1, 0.15) is 6.54 Å². The number of carbonyl (C=O) groups excluding carboxylic acids is 1. The molecule has 1 aliphatic rings. The molecule has 0 saturated carbocycles. The second-order valence-electron chi connectivity index (χ2n) is 7.64. The highest BCUT2D eigenvalue weighted by atomic mass is 79.9. The molecule has 0 bridgehead atoms. The number of halogens is 9. The summed E-state index contributed by atoms with van der Waals surface area (Å²) in [5.74, 6) is -0.476. The minimum absolute atomic E-state index is 0.0496. The third kappa shape index (κ3) is 6.51. The van der Waals surface area contributed by atoms with Crippen LogP contribution in [-0.2, 0) is 39.1 Å². The van der Waals surface area contributed by atoms with Crippen molar-refractivity contribution in [3.05, 3.63) is 67.1 Å². The maximum Gasteiger partial charge on any atom is 0.435 e. The number of nitrogens with zero attached hydrogens (tertiary/aromatic N) is 3. The molecule has 1 heterocycles. The Kier molecular flexibility index (Phi) is 9.18. The molecule has 0 aliphatic carbocycles. The molecule has 1 N–H and O–H groups in total. The van der Waals surface area contributed by atoms with Crippen molar-refractivity contribution >= 4 is 67.3 Å². The molecule has 2 aromatic carbocycles. The molecule has 6 nitrogen and oxygen atoms in total. The molecule has 1 amide bonds. The van der Waals surface area contributed by atoms with Crippen LogP contribution in [0.2, 0.25) is 10.0 Å². The van der Waals surface area contributed by atoms with E-state index in [0.717, 1.165) is 16.5 Å². The van der Waals surface area contributed by atoms with E-state index in [1.54, 1.807) is 6.07 Å². The third-order valence-corrected chi connectivity index (χ3v) is 7.33. The van der Waals surface area contributed by atoms with Gasteiger partial charge in [-0.05, 0) is 34.9 Å². The molecule has 1 atom stereocenters. The van der Waals surface area contributed by atoms with Crippen molar-refractivity contribution in [2.75, 3.05) is 6.54 Å². The average molecular weight is 662 g/mol. The predicted octanol–water partition coefficient (Wildman–Crippen LogP) is 6.57. The normalized spacial score (nSPS) is 17.2. The molecule has 1 aliphatic heterocycles. The molecule has 38 heavy (non-hydrogen) atoms. The lowest BCUT2D eigenvalue weighted by Gasteiger charge is -2.30. The van der Waals surface area contributed by atoms with E-state index in [-0.39, 0.29) is 30.4 Å². The number of benzene rings is 2. The number of alkyl halides is 6. The molecular formula is C22H13BrCl2F6N4O2S. The number of hydrogen-bond donors (Lipinski definition) is 1. The number of amides is 1. The van der Waals surface area contributed by atoms with Gasteiger partial charge in [-0.1, -0.05) is 56.4 Å². The lowest BCUT2D eigenvalue weighted by molar-refractivity contribution is -0.276. The van der Waals surface area contributed by atoms with Crippen molar-refractivity contribution in [2.24, 2.45) is 9.52 Å². The number of hydrogen-bond acceptors (Lipinski definition) is 5. The monoisotopic (exact) mass is 660 g/mol. The summed E-state index contributed by atoms with van der Waals surface area (Å²) in [6.45, 7) is -0.0345. The molecule has 2 aromatic rings. The summed E-state index contributed by atoms with van der Waals surface area (Å²) in [7, 11) is 0. The van der Waals surface area contributed by atoms with E-state index in [9.17, 15) is 31.1 Å². The van der Waals surface area contributed by atoms with Gasteiger partial charge in [0.15, 0.2) is 0 Å². The standard InChI is InChI=1S/C22H13BrCl2F6N4O2S/c23-15-5-11(1-2-12(15)9-33-18(36)10-38-34-4-3-32)17-8-20(37-35-17,22(29,30)31)13-6-14(21(26,27)28)19(25)16(24)7-13/h1-2,5-7,10H,4,8-9H2,(H,33,36). The topological polar surface area (TPSA) is 86.8 Å². The maximum absolute atomic E-state index is 14.3. The second kappa shape index (κ2) is 11.6. The molecule has 0 spiro atoms. The number of nitriles is 1. The molecule has 0 fully saturated rings. The molecule has 0 radical (unpaired) electrons. The van der Waals surface area contributed by atoms with Crippen LogP contribution in [0.15, 0.2) is 44.3 Å². The fourth-order valence-corrected chi connectivity index (χ4v) is 4.67. The van der Waals surface area contributed by atoms with Crippen LogP contribution in [0.25, 0.3) is 0 Å². The van der Waals surface area contributed by atoms with Crippen LogP contribution in [0, 0.1) is 11.3 Å². The van der Waals surface area contributed by atoms with Crippen molar-refractivity contribution < 1.29 is 36.0 Å². The first kappa shape index (κ1) is 29.9. The molecular weight excluding hydrogens is 649 g/mol. The van der Waals surface area contributed by atoms with Crippen LogP contribution >= 0.6 is 39.1 Å². The van der Waals surface area contributed by atoms with Gasteiger partial charge >= 0.3 is 12.4 Å². The van der Waals surface area contributed by atoms with Crippen molar-refractivity contribution in [1.29, 1.82) is 5.26 Å². The molecule has 202 valence electrons. The molecule has 3 rings (SSSR count). The maximum atomic E-state index is 14.3. The minimum Gasteiger partial charge on any atom is -0.374 e. The van der Waals surface area contributed by atoms with E-state index >= 15 is 0 Å². The summed E-state index contributed by atoms with van der Waals surface area (Å²) in [4.78, 5) is 16.6. The van der Waals surface area contributed by atoms with Gasteiger partial charge in [0.25, 0.3) is 11.5 Å². The number of carbonyl (C=O) groups is 1. The first-order chi connectivity index (χ1) is 17.7. The summed E-state index contributed by atoms with van der Waals surface area (Å²) >= 11 is 15.4. The van der Waals surface area contributed by atoms with Gasteiger partial charge in [0.05, 0.1) is 32.8 Å². The zero-order valence-corrected chi connectivity index (χ0v) is 22.5. The number of nitrogens with one attached hydrogen (secondary N) is 1. The zero-order chi connectivity index (χ0) is 28.3. The Hall–Kier alpha value is -2.60. The fourth-order valence-electron chi connectivity index (χ4n) is 3.33. The Morgan fingerprint density at radius 1 is 1.26 bits per heavy atom. The average Bonchev–Trinajstić information content (AvgIpc) is 3.29. The highest BCUT2D eigenvalue weighted by Crippen LogP contribution is 2.51. The van der Waals surface area contributed by atoms with Crippen LogP contribution in [0.4, 0.5) is 26.3 Å². The second-order valence-corrected chi connectivity index (χ2v) is 9.98. The Morgan fingerprint density at radius 3 is 2.58 bits per heavy atom. The van der Waals surface area contributed by atoms with Crippen molar-refractivity contribution in [2.45, 2.75) is 30.9 Å². The van der Waals surface area contributed by atoms with Gasteiger partial charge in [0, 0.05) is 28.6 Å². The first-order valence-electron chi connectivity index (χ1n) is 10.2. The highest BCUT2D eigenvalue weighted by molar-refractivity contribution is 9.10. The largest absolute Gasteiger partial charge is 0.435 e. The SMILES string of the molecule is N#CCN=S=CC(=O)NCc1ccc(C2=NOC(c3cc(Cl)c(Cl)c(C(F)(F)F)c3)(C(F)(F)F)C2)cc1Br. The van der Waals surface area contributed by atoms with E-state index < -0.39 is 51.5 Å². The smallest absolute Gasteiger partial charge is 0.374 e. The predicted molar refractivity (Wildman–Crippen MR) is 134 cm³/mol. The van der Waals surface area contributed by atoms with Crippen LogP contribution in [0.5, 0.6) is 0 Å². The van der Waals surface area contributed by atoms with Crippen LogP contribution in [-0.4, -0.2) is 29.7 Å². The Bertz CT molecular complexity index is 1400. The van der Waals surface area contributed by atoms with Gasteiger partial charge in [-0.2, -0.15) is 31.6 Å². The van der Waals surface area contributed by atoms with Crippen LogP contribution < -0.4 is 5.32 Å². The molecule has 0 aromatic heterocycles. The van der Waals surface area contributed by atoms with E-state index in [1.807, 2.05) is 0 Å². The third-order valence-electron chi connectivity index (χ3n) is 5.19. The quantitative estimate of drug-likeness (QED) is 0.216. The Balaban J connectivity index is 1.87. The fraction of sp³-hybridized carbons (Fsp3) is 0.273. The lowest BCUT2D eigenvalue weighted by Crippen LogP contribution is -2.43. The zero-order valence-electron chi connectivity index (χ0n) is 18.6. The van der Waals surface area contributed by atoms with Gasteiger partial charge in [-0.25, -0.2) is 4.36 Å². The summed E-state index contributed by atoms with van der Waals surface area (Å²) in [5.41, 5.74) is -5.09. The van der Waals surface area contributed by atoms with Gasteiger partial charge in [-0.3, -0.25) is 4.79 Å². The van der Waals surface area contributed by atoms with Crippen molar-refractivity contribution in [3.8, 4) is 6.07 Å². The summed E-state index contributed by atoms with van der Waals surface area (Å²) in [6.07, 6.45) is -11.2. The molecule has 0 saturated heterocycles. The number of oxime groups is 1. The first-order valence-corrected chi connectivity index (χ1v) is 12.6. The van der Waals surface area contributed by atoms with Gasteiger partial charge < -0.3 is 10.2 Å². The van der Waals surface area contributed by atoms with E-state index in [1.165, 1.54) is 18.2 Å². The summed E-state index contributed by atoms with van der Waals surface area (Å²) < 4.78 is 87.1. The van der Waals surface area contributed by atoms with Crippen LogP contribution in [0.3, 0.4) is 0 Å². The Labute approximate surface area is 233 Å². The van der Waals surface area contributed by atoms with Crippen LogP contribution in [0.1, 0.15) is 28.7 Å². The van der Waals surface area contributed by atoms with E-state index in [2.05, 4.69) is 30.8 Å². The number of rotatable bonds is 6. The van der Waals surface area contributed by atoms with Crippen molar-refractivity contribution in [1.82, 2.24) is 5.32 Å².